The molecule has 0 radical (unpaired) electrons. The maximum absolute atomic E-state index is 11.7. The van der Waals surface area contributed by atoms with Gasteiger partial charge in [0, 0.05) is 24.1 Å². The van der Waals surface area contributed by atoms with E-state index in [9.17, 15) is 4.79 Å². The van der Waals surface area contributed by atoms with E-state index in [0.29, 0.717) is 30.1 Å². The molecule has 0 amide bonds. The molecule has 1 aliphatic heterocycles. The molecule has 1 atom stereocenters. The van der Waals surface area contributed by atoms with Crippen LogP contribution in [-0.2, 0) is 11.2 Å². The molecule has 0 fully saturated rings. The number of hydrogen-bond donors (Lipinski definition) is 0. The van der Waals surface area contributed by atoms with E-state index in [2.05, 4.69) is 0 Å². The van der Waals surface area contributed by atoms with Crippen LogP contribution in [0.25, 0.3) is 11.0 Å². The third-order valence-corrected chi connectivity index (χ3v) is 4.53. The molecule has 1 aromatic carbocycles. The van der Waals surface area contributed by atoms with Crippen molar-refractivity contribution in [2.45, 2.75) is 45.8 Å². The zero-order valence-electron chi connectivity index (χ0n) is 15.3. The Morgan fingerprint density at radius 1 is 1.36 bits per heavy atom. The van der Waals surface area contributed by atoms with Gasteiger partial charge in [-0.1, -0.05) is 11.6 Å². The Morgan fingerprint density at radius 2 is 2.12 bits per heavy atom. The summed E-state index contributed by atoms with van der Waals surface area (Å²) in [4.78, 5) is 11.7. The van der Waals surface area contributed by atoms with E-state index in [1.807, 2.05) is 39.8 Å². The maximum Gasteiger partial charge on any atom is 0.336 e. The lowest BCUT2D eigenvalue weighted by molar-refractivity contribution is -0.0725. The highest BCUT2D eigenvalue weighted by atomic mass is 16.6. The molecule has 0 aliphatic carbocycles. The summed E-state index contributed by atoms with van der Waals surface area (Å²) in [5.74, 6) is 1.31. The number of benzene rings is 1. The molecular weight excluding hydrogens is 320 g/mol. The van der Waals surface area contributed by atoms with Crippen LogP contribution in [0.5, 0.6) is 11.5 Å². The van der Waals surface area contributed by atoms with E-state index in [1.54, 1.807) is 13.2 Å². The fourth-order valence-corrected chi connectivity index (χ4v) is 2.98. The van der Waals surface area contributed by atoms with Crippen LogP contribution in [0.2, 0.25) is 0 Å². The highest BCUT2D eigenvalue weighted by Crippen LogP contribution is 2.42. The molecule has 5 nitrogen and oxygen atoms in total. The fourth-order valence-electron chi connectivity index (χ4n) is 2.98. The average Bonchev–Trinajstić information content (AvgIpc) is 2.98. The van der Waals surface area contributed by atoms with Gasteiger partial charge >= 0.3 is 5.63 Å². The van der Waals surface area contributed by atoms with Crippen LogP contribution in [0.1, 0.15) is 33.3 Å². The van der Waals surface area contributed by atoms with Crippen LogP contribution in [0.4, 0.5) is 0 Å². The lowest BCUT2D eigenvalue weighted by Gasteiger charge is -2.30. The molecule has 1 aromatic heterocycles. The van der Waals surface area contributed by atoms with Gasteiger partial charge in [0.25, 0.3) is 0 Å². The van der Waals surface area contributed by atoms with Crippen LogP contribution in [0.15, 0.2) is 39.1 Å². The SMILES string of the molecule is COc1cc2c(c3oc(=O)ccc13)CC(C(C)(C)OCC=C(C)C)O2. The third-order valence-electron chi connectivity index (χ3n) is 4.53. The number of methoxy groups -OCH3 is 1. The number of rotatable bonds is 5. The van der Waals surface area contributed by atoms with Crippen LogP contribution in [-0.4, -0.2) is 25.4 Å². The molecule has 2 aromatic rings. The molecule has 0 saturated carbocycles. The maximum atomic E-state index is 11.7. The summed E-state index contributed by atoms with van der Waals surface area (Å²) >= 11 is 0. The molecule has 1 unspecified atom stereocenters. The lowest BCUT2D eigenvalue weighted by Crippen LogP contribution is -2.42. The Labute approximate surface area is 147 Å². The van der Waals surface area contributed by atoms with Gasteiger partial charge in [-0.15, -0.1) is 0 Å². The largest absolute Gasteiger partial charge is 0.496 e. The minimum Gasteiger partial charge on any atom is -0.496 e. The second-order valence-electron chi connectivity index (χ2n) is 7.06. The molecule has 25 heavy (non-hydrogen) atoms. The summed E-state index contributed by atoms with van der Waals surface area (Å²) in [6, 6.07) is 4.98. The molecule has 2 heterocycles. The van der Waals surface area contributed by atoms with Gasteiger partial charge < -0.3 is 18.6 Å². The molecule has 3 rings (SSSR count). The predicted octanol–water partition coefficient (Wildman–Crippen LogP) is 3.87. The standard InChI is InChI=1S/C20H24O5/c1-12(2)8-9-23-20(3,4)17-10-14-16(24-17)11-15(22-5)13-6-7-18(21)25-19(13)14/h6-8,11,17H,9-10H2,1-5H3. The average molecular weight is 344 g/mol. The number of fused-ring (bicyclic) bond motifs is 3. The van der Waals surface area contributed by atoms with Gasteiger partial charge in [-0.2, -0.15) is 0 Å². The Bertz CT molecular complexity index is 872. The topological polar surface area (TPSA) is 57.9 Å². The monoisotopic (exact) mass is 344 g/mol. The minimum atomic E-state index is -0.487. The van der Waals surface area contributed by atoms with Gasteiger partial charge in [0.2, 0.25) is 0 Å². The first-order chi connectivity index (χ1) is 11.8. The molecule has 0 spiro atoms. The Balaban J connectivity index is 1.94. The van der Waals surface area contributed by atoms with Crippen molar-refractivity contribution in [2.75, 3.05) is 13.7 Å². The molecule has 0 bridgehead atoms. The fraction of sp³-hybridized carbons (Fsp3) is 0.450. The van der Waals surface area contributed by atoms with E-state index in [0.717, 1.165) is 10.9 Å². The summed E-state index contributed by atoms with van der Waals surface area (Å²) in [5, 5.41) is 0.772. The number of allylic oxidation sites excluding steroid dienone is 1. The molecular formula is C20H24O5. The van der Waals surface area contributed by atoms with Crippen molar-refractivity contribution < 1.29 is 18.6 Å². The van der Waals surface area contributed by atoms with Crippen LogP contribution >= 0.6 is 0 Å². The van der Waals surface area contributed by atoms with E-state index < -0.39 is 5.60 Å². The smallest absolute Gasteiger partial charge is 0.336 e. The van der Waals surface area contributed by atoms with Crippen molar-refractivity contribution in [1.82, 2.24) is 0 Å². The number of hydrogen-bond acceptors (Lipinski definition) is 5. The van der Waals surface area contributed by atoms with Gasteiger partial charge in [-0.25, -0.2) is 4.79 Å². The van der Waals surface area contributed by atoms with E-state index in [1.165, 1.54) is 11.6 Å². The van der Waals surface area contributed by atoms with Crippen molar-refractivity contribution in [1.29, 1.82) is 0 Å². The normalized spacial score (nSPS) is 16.4. The first-order valence-corrected chi connectivity index (χ1v) is 8.39. The first-order valence-electron chi connectivity index (χ1n) is 8.39. The molecule has 0 saturated heterocycles. The van der Waals surface area contributed by atoms with Crippen LogP contribution in [0.3, 0.4) is 0 Å². The van der Waals surface area contributed by atoms with Crippen molar-refractivity contribution in [3.63, 3.8) is 0 Å². The quantitative estimate of drug-likeness (QED) is 0.609. The Kier molecular flexibility index (Phi) is 4.60. The van der Waals surface area contributed by atoms with Gasteiger partial charge in [0.15, 0.2) is 0 Å². The second-order valence-corrected chi connectivity index (χ2v) is 7.06. The molecule has 5 heteroatoms. The highest BCUT2D eigenvalue weighted by Gasteiger charge is 2.39. The zero-order valence-corrected chi connectivity index (χ0v) is 15.3. The summed E-state index contributed by atoms with van der Waals surface area (Å²) < 4.78 is 23.0. The van der Waals surface area contributed by atoms with Crippen LogP contribution in [0, 0.1) is 0 Å². The van der Waals surface area contributed by atoms with E-state index in [-0.39, 0.29) is 11.7 Å². The summed E-state index contributed by atoms with van der Waals surface area (Å²) in [7, 11) is 1.59. The summed E-state index contributed by atoms with van der Waals surface area (Å²) in [5.41, 5.74) is 1.76. The Hall–Kier alpha value is -2.27. The predicted molar refractivity (Wildman–Crippen MR) is 96.6 cm³/mol. The highest BCUT2D eigenvalue weighted by molar-refractivity contribution is 5.88. The van der Waals surface area contributed by atoms with Crippen molar-refractivity contribution in [3.05, 3.63) is 45.8 Å². The van der Waals surface area contributed by atoms with Gasteiger partial charge in [0.1, 0.15) is 28.8 Å². The molecule has 1 aliphatic rings. The van der Waals surface area contributed by atoms with Gasteiger partial charge in [-0.05, 0) is 33.8 Å². The van der Waals surface area contributed by atoms with Crippen molar-refractivity contribution in [2.24, 2.45) is 0 Å². The van der Waals surface area contributed by atoms with E-state index in [4.69, 9.17) is 18.6 Å². The lowest BCUT2D eigenvalue weighted by atomic mass is 9.96. The van der Waals surface area contributed by atoms with Gasteiger partial charge in [-0.3, -0.25) is 0 Å². The second kappa shape index (κ2) is 6.56. The van der Waals surface area contributed by atoms with Gasteiger partial charge in [0.05, 0.1) is 19.1 Å². The molecule has 0 N–H and O–H groups in total. The molecule has 134 valence electrons. The minimum absolute atomic E-state index is 0.172. The zero-order chi connectivity index (χ0) is 18.2. The van der Waals surface area contributed by atoms with Crippen molar-refractivity contribution in [3.8, 4) is 11.5 Å². The third kappa shape index (κ3) is 3.42. The summed E-state index contributed by atoms with van der Waals surface area (Å²) in [6.07, 6.45) is 2.49. The summed E-state index contributed by atoms with van der Waals surface area (Å²) in [6.45, 7) is 8.64. The van der Waals surface area contributed by atoms with E-state index >= 15 is 0 Å². The first kappa shape index (κ1) is 17.5. The van der Waals surface area contributed by atoms with Crippen molar-refractivity contribution >= 4 is 11.0 Å². The Morgan fingerprint density at radius 3 is 2.80 bits per heavy atom. The number of ether oxygens (including phenoxy) is 3. The van der Waals surface area contributed by atoms with Crippen LogP contribution < -0.4 is 15.1 Å².